The van der Waals surface area contributed by atoms with Crippen LogP contribution in [-0.4, -0.2) is 10.3 Å². The Morgan fingerprint density at radius 3 is 2.50 bits per heavy atom. The van der Waals surface area contributed by atoms with Gasteiger partial charge >= 0.3 is 0 Å². The Morgan fingerprint density at radius 2 is 2.00 bits per heavy atom. The van der Waals surface area contributed by atoms with E-state index in [0.29, 0.717) is 5.41 Å². The van der Waals surface area contributed by atoms with E-state index < -0.39 is 0 Å². The maximum absolute atomic E-state index is 4.76. The first-order valence-corrected chi connectivity index (χ1v) is 10.0. The predicted molar refractivity (Wildman–Crippen MR) is 93.0 cm³/mol. The Balaban J connectivity index is 1.94. The van der Waals surface area contributed by atoms with Crippen molar-refractivity contribution in [2.45, 2.75) is 72.1 Å². The maximum Gasteiger partial charge on any atom is 0.0936 e. The predicted octanol–water partition coefficient (Wildman–Crippen LogP) is 6.06. The lowest BCUT2D eigenvalue weighted by molar-refractivity contribution is 0.168. The molecule has 20 heavy (non-hydrogen) atoms. The summed E-state index contributed by atoms with van der Waals surface area (Å²) >= 11 is 5.71. The molecular weight excluding hydrogens is 330 g/mol. The summed E-state index contributed by atoms with van der Waals surface area (Å²) < 4.78 is 0. The fourth-order valence-corrected chi connectivity index (χ4v) is 5.23. The van der Waals surface area contributed by atoms with Crippen molar-refractivity contribution < 1.29 is 0 Å². The monoisotopic (exact) mass is 357 g/mol. The van der Waals surface area contributed by atoms with Gasteiger partial charge in [-0.25, -0.2) is 4.98 Å². The number of alkyl halides is 1. The molecule has 1 aromatic rings. The minimum Gasteiger partial charge on any atom is -0.246 e. The minimum absolute atomic E-state index is 0.472. The quantitative estimate of drug-likeness (QED) is 0.563. The fourth-order valence-electron chi connectivity index (χ4n) is 3.36. The zero-order valence-electron chi connectivity index (χ0n) is 13.2. The van der Waals surface area contributed by atoms with Gasteiger partial charge in [0.25, 0.3) is 0 Å². The van der Waals surface area contributed by atoms with Gasteiger partial charge in [0.15, 0.2) is 0 Å². The second-order valence-electron chi connectivity index (χ2n) is 6.65. The van der Waals surface area contributed by atoms with Gasteiger partial charge < -0.3 is 0 Å². The van der Waals surface area contributed by atoms with Crippen molar-refractivity contribution in [3.8, 4) is 0 Å². The highest BCUT2D eigenvalue weighted by Crippen LogP contribution is 2.44. The first kappa shape index (κ1) is 16.5. The molecule has 2 rings (SSSR count). The van der Waals surface area contributed by atoms with Crippen LogP contribution in [0.4, 0.5) is 0 Å². The number of hydrogen-bond donors (Lipinski definition) is 0. The van der Waals surface area contributed by atoms with Crippen LogP contribution in [0, 0.1) is 25.2 Å². The van der Waals surface area contributed by atoms with Crippen LogP contribution in [0.25, 0.3) is 0 Å². The van der Waals surface area contributed by atoms with E-state index >= 15 is 0 Å². The molecule has 0 aliphatic heterocycles. The van der Waals surface area contributed by atoms with E-state index in [-0.39, 0.29) is 0 Å². The average molecular weight is 358 g/mol. The number of aromatic nitrogens is 1. The van der Waals surface area contributed by atoms with Crippen molar-refractivity contribution >= 4 is 27.3 Å². The zero-order valence-corrected chi connectivity index (χ0v) is 15.6. The third-order valence-electron chi connectivity index (χ3n) is 5.01. The highest BCUT2D eigenvalue weighted by Gasteiger charge is 2.35. The number of hydrogen-bond acceptors (Lipinski definition) is 2. The van der Waals surface area contributed by atoms with Gasteiger partial charge in [0.05, 0.1) is 10.7 Å². The molecule has 0 N–H and O–H groups in total. The van der Waals surface area contributed by atoms with Crippen LogP contribution >= 0.6 is 27.3 Å². The van der Waals surface area contributed by atoms with Crippen molar-refractivity contribution in [3.05, 3.63) is 15.6 Å². The van der Waals surface area contributed by atoms with E-state index in [2.05, 4.69) is 36.7 Å². The zero-order chi connectivity index (χ0) is 14.6. The van der Waals surface area contributed by atoms with Crippen LogP contribution in [0.3, 0.4) is 0 Å². The van der Waals surface area contributed by atoms with E-state index in [4.69, 9.17) is 4.98 Å². The molecule has 0 amide bonds. The minimum atomic E-state index is 0.472. The summed E-state index contributed by atoms with van der Waals surface area (Å²) in [6.07, 6.45) is 11.0. The lowest BCUT2D eigenvalue weighted by Gasteiger charge is -2.38. The summed E-state index contributed by atoms with van der Waals surface area (Å²) in [7, 11) is 0. The van der Waals surface area contributed by atoms with Gasteiger partial charge in [0, 0.05) is 16.6 Å². The second kappa shape index (κ2) is 7.40. The molecule has 0 aromatic carbocycles. The topological polar surface area (TPSA) is 12.9 Å². The Hall–Kier alpha value is 0.110. The third-order valence-corrected chi connectivity index (χ3v) is 7.28. The van der Waals surface area contributed by atoms with Crippen LogP contribution in [0.1, 0.15) is 67.4 Å². The molecule has 0 atom stereocenters. The Bertz CT molecular complexity index is 399. The molecule has 1 saturated carbocycles. The van der Waals surface area contributed by atoms with Crippen molar-refractivity contribution in [1.29, 1.82) is 0 Å². The number of rotatable bonds is 6. The molecule has 0 bridgehead atoms. The second-order valence-corrected chi connectivity index (χ2v) is 8.49. The average Bonchev–Trinajstić information content (AvgIpc) is 2.76. The molecule has 1 fully saturated rings. The Kier molecular flexibility index (Phi) is 6.09. The number of aryl methyl sites for hydroxylation is 2. The molecule has 1 aliphatic rings. The summed E-state index contributed by atoms with van der Waals surface area (Å²) in [5.41, 5.74) is 1.70. The molecule has 1 aliphatic carbocycles. The molecule has 3 heteroatoms. The summed E-state index contributed by atoms with van der Waals surface area (Å²) in [4.78, 5) is 6.15. The van der Waals surface area contributed by atoms with Gasteiger partial charge in [-0.3, -0.25) is 0 Å². The SMILES string of the molecule is CCCCC1CCC(CBr)(Cc2nc(C)c(C)s2)CC1. The largest absolute Gasteiger partial charge is 0.246 e. The van der Waals surface area contributed by atoms with E-state index in [1.807, 2.05) is 11.3 Å². The van der Waals surface area contributed by atoms with Crippen molar-refractivity contribution in [3.63, 3.8) is 0 Å². The van der Waals surface area contributed by atoms with Crippen molar-refractivity contribution in [1.82, 2.24) is 4.98 Å². The highest BCUT2D eigenvalue weighted by molar-refractivity contribution is 9.09. The van der Waals surface area contributed by atoms with Crippen LogP contribution in [0.2, 0.25) is 0 Å². The lowest BCUT2D eigenvalue weighted by atomic mass is 9.69. The Labute approximate surface area is 136 Å². The first-order chi connectivity index (χ1) is 9.58. The summed E-state index contributed by atoms with van der Waals surface area (Å²) in [5, 5.41) is 2.49. The molecule has 0 spiro atoms. The van der Waals surface area contributed by atoms with E-state index in [0.717, 1.165) is 11.2 Å². The van der Waals surface area contributed by atoms with Gasteiger partial charge in [-0.05, 0) is 50.9 Å². The lowest BCUT2D eigenvalue weighted by Crippen LogP contribution is -2.31. The Morgan fingerprint density at radius 1 is 1.30 bits per heavy atom. The van der Waals surface area contributed by atoms with Crippen molar-refractivity contribution in [2.75, 3.05) is 5.33 Å². The molecule has 114 valence electrons. The standard InChI is InChI=1S/C17H28BrNS/c1-4-5-6-15-7-9-17(12-18,10-8-15)11-16-19-13(2)14(3)20-16/h15H,4-12H2,1-3H3. The van der Waals surface area contributed by atoms with Crippen LogP contribution in [0.5, 0.6) is 0 Å². The van der Waals surface area contributed by atoms with Crippen molar-refractivity contribution in [2.24, 2.45) is 11.3 Å². The van der Waals surface area contributed by atoms with Gasteiger partial charge in [-0.2, -0.15) is 0 Å². The van der Waals surface area contributed by atoms with Crippen LogP contribution in [-0.2, 0) is 6.42 Å². The van der Waals surface area contributed by atoms with E-state index in [1.165, 1.54) is 66.9 Å². The fraction of sp³-hybridized carbons (Fsp3) is 0.824. The molecule has 0 radical (unpaired) electrons. The molecule has 0 saturated heterocycles. The first-order valence-electron chi connectivity index (χ1n) is 8.07. The molecule has 1 nitrogen and oxygen atoms in total. The number of thiazole rings is 1. The summed E-state index contributed by atoms with van der Waals surface area (Å²) in [5.74, 6) is 0.988. The third kappa shape index (κ3) is 4.07. The van der Waals surface area contributed by atoms with Gasteiger partial charge in [-0.15, -0.1) is 11.3 Å². The number of nitrogens with zero attached hydrogens (tertiary/aromatic N) is 1. The number of unbranched alkanes of at least 4 members (excludes halogenated alkanes) is 1. The molecule has 1 aromatic heterocycles. The van der Waals surface area contributed by atoms with Crippen LogP contribution in [0.15, 0.2) is 0 Å². The normalized spacial score (nSPS) is 26.9. The molecule has 0 unspecified atom stereocenters. The van der Waals surface area contributed by atoms with E-state index in [1.54, 1.807) is 0 Å². The summed E-state index contributed by atoms with van der Waals surface area (Å²) in [6.45, 7) is 6.63. The van der Waals surface area contributed by atoms with Gasteiger partial charge in [-0.1, -0.05) is 42.1 Å². The highest BCUT2D eigenvalue weighted by atomic mass is 79.9. The van der Waals surface area contributed by atoms with Gasteiger partial charge in [0.1, 0.15) is 0 Å². The summed E-state index contributed by atoms with van der Waals surface area (Å²) in [6, 6.07) is 0. The maximum atomic E-state index is 4.76. The van der Waals surface area contributed by atoms with Crippen LogP contribution < -0.4 is 0 Å². The van der Waals surface area contributed by atoms with Gasteiger partial charge in [0.2, 0.25) is 0 Å². The van der Waals surface area contributed by atoms with E-state index in [9.17, 15) is 0 Å². The molecular formula is C17H28BrNS. The molecule has 1 heterocycles. The number of halogens is 1. The smallest absolute Gasteiger partial charge is 0.0936 e.